The van der Waals surface area contributed by atoms with Crippen molar-refractivity contribution in [3.05, 3.63) is 48.6 Å². The molecule has 0 aliphatic heterocycles. The number of phosphoric acid groups is 1. The molecular formula is C34H60NO8P. The molecule has 3 N–H and O–H groups in total. The normalized spacial score (nSPS) is 14.2. The minimum atomic E-state index is -4.37. The fourth-order valence-corrected chi connectivity index (χ4v) is 4.77. The summed E-state index contributed by atoms with van der Waals surface area (Å²) in [7, 11) is -4.37. The van der Waals surface area contributed by atoms with Crippen LogP contribution in [-0.2, 0) is 32.7 Å². The molecule has 0 heterocycles. The van der Waals surface area contributed by atoms with Crippen LogP contribution in [0.4, 0.5) is 0 Å². The van der Waals surface area contributed by atoms with Gasteiger partial charge in [-0.15, -0.1) is 0 Å². The molecule has 9 nitrogen and oxygen atoms in total. The third-order valence-corrected chi connectivity index (χ3v) is 7.41. The molecule has 0 saturated heterocycles. The molecule has 2 atom stereocenters. The molecule has 0 fully saturated rings. The molecule has 0 saturated carbocycles. The highest BCUT2D eigenvalue weighted by Crippen LogP contribution is 2.43. The topological polar surface area (TPSA) is 134 Å². The van der Waals surface area contributed by atoms with Crippen molar-refractivity contribution in [3.8, 4) is 0 Å². The number of phosphoric ester groups is 1. The van der Waals surface area contributed by atoms with Gasteiger partial charge in [-0.05, 0) is 64.2 Å². The lowest BCUT2D eigenvalue weighted by Gasteiger charge is -2.19. The second kappa shape index (κ2) is 31.0. The van der Waals surface area contributed by atoms with E-state index >= 15 is 0 Å². The number of rotatable bonds is 30. The number of hydrogen-bond acceptors (Lipinski definition) is 8. The van der Waals surface area contributed by atoms with Gasteiger partial charge in [-0.2, -0.15) is 0 Å². The van der Waals surface area contributed by atoms with Crippen molar-refractivity contribution in [2.75, 3.05) is 26.4 Å². The third kappa shape index (κ3) is 30.0. The van der Waals surface area contributed by atoms with Crippen LogP contribution in [0.2, 0.25) is 0 Å². The maximum Gasteiger partial charge on any atom is 0.472 e. The SMILES string of the molecule is CC/C=C\C/C=C\C/C=C\CCCCCC(=O)OC(COC(=O)CCCCCCC/C=C\CCC)COP(=O)(O)OCCN. The fraction of sp³-hybridized carbons (Fsp3) is 0.706. The van der Waals surface area contributed by atoms with E-state index in [1.807, 2.05) is 0 Å². The molecule has 0 amide bonds. The van der Waals surface area contributed by atoms with Gasteiger partial charge in [0.15, 0.2) is 6.10 Å². The number of esters is 2. The Hall–Kier alpha value is -2.03. The number of nitrogens with two attached hydrogens (primary N) is 1. The first-order valence-electron chi connectivity index (χ1n) is 16.6. The van der Waals surface area contributed by atoms with Crippen LogP contribution in [0.15, 0.2) is 48.6 Å². The molecule has 44 heavy (non-hydrogen) atoms. The Labute approximate surface area is 266 Å². The van der Waals surface area contributed by atoms with Crippen LogP contribution in [0, 0.1) is 0 Å². The third-order valence-electron chi connectivity index (χ3n) is 6.43. The molecule has 0 radical (unpaired) electrons. The van der Waals surface area contributed by atoms with Gasteiger partial charge >= 0.3 is 19.8 Å². The molecule has 0 aromatic heterocycles. The van der Waals surface area contributed by atoms with Crippen molar-refractivity contribution in [1.29, 1.82) is 0 Å². The highest BCUT2D eigenvalue weighted by atomic mass is 31.2. The summed E-state index contributed by atoms with van der Waals surface area (Å²) in [5.41, 5.74) is 5.31. The second-order valence-electron chi connectivity index (χ2n) is 10.6. The van der Waals surface area contributed by atoms with Gasteiger partial charge in [0.1, 0.15) is 6.61 Å². The lowest BCUT2D eigenvalue weighted by molar-refractivity contribution is -0.161. The van der Waals surface area contributed by atoms with Crippen molar-refractivity contribution in [1.82, 2.24) is 0 Å². The van der Waals surface area contributed by atoms with Crippen LogP contribution < -0.4 is 5.73 Å². The molecule has 0 aromatic rings. The summed E-state index contributed by atoms with van der Waals surface area (Å²) in [6.07, 6.45) is 31.5. The van der Waals surface area contributed by atoms with Gasteiger partial charge in [0, 0.05) is 19.4 Å². The zero-order valence-corrected chi connectivity index (χ0v) is 28.3. The minimum absolute atomic E-state index is 0.0454. The molecule has 0 rings (SSSR count). The van der Waals surface area contributed by atoms with Crippen LogP contribution in [0.25, 0.3) is 0 Å². The molecule has 10 heteroatoms. The zero-order chi connectivity index (χ0) is 32.6. The quantitative estimate of drug-likeness (QED) is 0.0343. The Morgan fingerprint density at radius 1 is 0.705 bits per heavy atom. The Morgan fingerprint density at radius 3 is 1.91 bits per heavy atom. The molecule has 0 spiro atoms. The fourth-order valence-electron chi connectivity index (χ4n) is 4.00. The minimum Gasteiger partial charge on any atom is -0.462 e. The number of ether oxygens (including phenoxy) is 2. The van der Waals surface area contributed by atoms with Gasteiger partial charge in [-0.1, -0.05) is 94.6 Å². The van der Waals surface area contributed by atoms with E-state index in [0.29, 0.717) is 12.8 Å². The van der Waals surface area contributed by atoms with E-state index in [4.69, 9.17) is 24.3 Å². The van der Waals surface area contributed by atoms with Crippen LogP contribution in [0.5, 0.6) is 0 Å². The second-order valence-corrected chi connectivity index (χ2v) is 12.1. The van der Waals surface area contributed by atoms with E-state index in [0.717, 1.165) is 77.0 Å². The summed E-state index contributed by atoms with van der Waals surface area (Å²) < 4.78 is 32.4. The van der Waals surface area contributed by atoms with Gasteiger partial charge in [0.2, 0.25) is 0 Å². The molecule has 0 bridgehead atoms. The van der Waals surface area contributed by atoms with E-state index in [2.05, 4.69) is 62.5 Å². The molecular weight excluding hydrogens is 581 g/mol. The van der Waals surface area contributed by atoms with E-state index < -0.39 is 32.5 Å². The summed E-state index contributed by atoms with van der Waals surface area (Å²) in [4.78, 5) is 34.5. The molecule has 254 valence electrons. The van der Waals surface area contributed by atoms with Crippen LogP contribution in [0.3, 0.4) is 0 Å². The van der Waals surface area contributed by atoms with Crippen molar-refractivity contribution < 1.29 is 37.6 Å². The van der Waals surface area contributed by atoms with Gasteiger partial charge in [-0.3, -0.25) is 18.6 Å². The van der Waals surface area contributed by atoms with E-state index in [9.17, 15) is 19.0 Å². The first-order chi connectivity index (χ1) is 21.3. The monoisotopic (exact) mass is 641 g/mol. The van der Waals surface area contributed by atoms with Gasteiger partial charge < -0.3 is 20.1 Å². The van der Waals surface area contributed by atoms with E-state index in [-0.39, 0.29) is 32.6 Å². The van der Waals surface area contributed by atoms with Crippen LogP contribution in [-0.4, -0.2) is 49.3 Å². The summed E-state index contributed by atoms with van der Waals surface area (Å²) in [6.45, 7) is 3.46. The van der Waals surface area contributed by atoms with Crippen molar-refractivity contribution in [2.45, 2.75) is 129 Å². The highest BCUT2D eigenvalue weighted by Gasteiger charge is 2.25. The van der Waals surface area contributed by atoms with Gasteiger partial charge in [0.05, 0.1) is 13.2 Å². The van der Waals surface area contributed by atoms with Crippen LogP contribution in [0.1, 0.15) is 123 Å². The number of carbonyl (C=O) groups excluding carboxylic acids is 2. The Morgan fingerprint density at radius 2 is 1.25 bits per heavy atom. The summed E-state index contributed by atoms with van der Waals surface area (Å²) >= 11 is 0. The first-order valence-corrected chi connectivity index (χ1v) is 18.1. The lowest BCUT2D eigenvalue weighted by Crippen LogP contribution is -2.29. The number of hydrogen-bond donors (Lipinski definition) is 2. The Bertz CT molecular complexity index is 871. The molecule has 0 aliphatic rings. The van der Waals surface area contributed by atoms with Crippen molar-refractivity contribution in [2.24, 2.45) is 5.73 Å². The molecule has 2 unspecified atom stereocenters. The zero-order valence-electron chi connectivity index (χ0n) is 27.4. The molecule has 0 aliphatic carbocycles. The lowest BCUT2D eigenvalue weighted by atomic mass is 10.1. The average Bonchev–Trinajstić information content (AvgIpc) is 3.00. The standard InChI is InChI=1S/C34H60NO8P/c1-3-5-7-9-11-13-15-16-17-19-21-23-25-27-34(37)43-32(31-42-44(38,39)41-29-28-35)30-40-33(36)26-24-22-20-18-14-12-10-8-6-4-2/h5,7-8,10-11,13,16-17,32H,3-4,6,9,12,14-15,18-31,35H2,1-2H3,(H,38,39)/b7-5-,10-8-,13-11-,17-16-. The first kappa shape index (κ1) is 42.0. The Kier molecular flexibility index (Phi) is 29.5. The maximum absolute atomic E-state index is 12.4. The number of carbonyl (C=O) groups is 2. The molecule has 0 aromatic carbocycles. The number of unbranched alkanes of at least 4 members (excludes halogenated alkanes) is 9. The maximum atomic E-state index is 12.4. The van der Waals surface area contributed by atoms with E-state index in [1.54, 1.807) is 0 Å². The van der Waals surface area contributed by atoms with E-state index in [1.165, 1.54) is 6.42 Å². The highest BCUT2D eigenvalue weighted by molar-refractivity contribution is 7.47. The smallest absolute Gasteiger partial charge is 0.462 e. The van der Waals surface area contributed by atoms with Crippen molar-refractivity contribution >= 4 is 19.8 Å². The van der Waals surface area contributed by atoms with Gasteiger partial charge in [-0.25, -0.2) is 4.57 Å². The Balaban J connectivity index is 4.38. The number of allylic oxidation sites excluding steroid dienone is 8. The predicted octanol–water partition coefficient (Wildman–Crippen LogP) is 8.43. The average molecular weight is 642 g/mol. The van der Waals surface area contributed by atoms with Gasteiger partial charge in [0.25, 0.3) is 0 Å². The largest absolute Gasteiger partial charge is 0.472 e. The summed E-state index contributed by atoms with van der Waals surface area (Å²) in [5.74, 6) is -0.885. The van der Waals surface area contributed by atoms with Crippen molar-refractivity contribution in [3.63, 3.8) is 0 Å². The van der Waals surface area contributed by atoms with Crippen LogP contribution >= 0.6 is 7.82 Å². The summed E-state index contributed by atoms with van der Waals surface area (Å²) in [5, 5.41) is 0. The summed E-state index contributed by atoms with van der Waals surface area (Å²) in [6, 6.07) is 0. The predicted molar refractivity (Wildman–Crippen MR) is 178 cm³/mol.